The molecule has 1 atom stereocenters. The molecule has 1 unspecified atom stereocenters. The summed E-state index contributed by atoms with van der Waals surface area (Å²) < 4.78 is 0. The maximum Gasteiger partial charge on any atom is 0.226 e. The van der Waals surface area contributed by atoms with Gasteiger partial charge in [0.25, 0.3) is 0 Å². The number of rotatable bonds is 9. The van der Waals surface area contributed by atoms with Gasteiger partial charge in [0.2, 0.25) is 11.8 Å². The molecule has 2 rings (SSSR count). The first-order chi connectivity index (χ1) is 13.4. The van der Waals surface area contributed by atoms with Gasteiger partial charge in [-0.05, 0) is 43.3 Å². The number of nitrogens with one attached hydrogen (secondary N) is 2. The Kier molecular flexibility index (Phi) is 8.20. The summed E-state index contributed by atoms with van der Waals surface area (Å²) in [7, 11) is 0. The highest BCUT2D eigenvalue weighted by Crippen LogP contribution is 2.19. The minimum atomic E-state index is -0.347. The Morgan fingerprint density at radius 2 is 1.57 bits per heavy atom. The van der Waals surface area contributed by atoms with Crippen molar-refractivity contribution in [2.75, 3.05) is 18.4 Å². The van der Waals surface area contributed by atoms with Crippen molar-refractivity contribution in [2.45, 2.75) is 46.7 Å². The van der Waals surface area contributed by atoms with Crippen LogP contribution in [-0.4, -0.2) is 29.8 Å². The molecule has 0 fully saturated rings. The molecule has 0 aromatic heterocycles. The van der Waals surface area contributed by atoms with Gasteiger partial charge < -0.3 is 10.6 Å². The molecule has 0 bridgehead atoms. The Morgan fingerprint density at radius 3 is 2.11 bits per heavy atom. The summed E-state index contributed by atoms with van der Waals surface area (Å²) >= 11 is 0. The molecule has 5 nitrogen and oxygen atoms in total. The fourth-order valence-corrected chi connectivity index (χ4v) is 3.09. The zero-order chi connectivity index (χ0) is 20.5. The minimum absolute atomic E-state index is 0.129. The molecule has 0 saturated heterocycles. The zero-order valence-corrected chi connectivity index (χ0v) is 17.3. The summed E-state index contributed by atoms with van der Waals surface area (Å²) in [4.78, 5) is 26.4. The smallest absolute Gasteiger partial charge is 0.226 e. The van der Waals surface area contributed by atoms with Crippen molar-refractivity contribution in [3.8, 4) is 0 Å². The number of amides is 2. The zero-order valence-electron chi connectivity index (χ0n) is 17.3. The number of carbonyl (C=O) groups is 2. The molecule has 0 heterocycles. The van der Waals surface area contributed by atoms with E-state index < -0.39 is 0 Å². The van der Waals surface area contributed by atoms with Crippen LogP contribution in [0.1, 0.15) is 49.9 Å². The summed E-state index contributed by atoms with van der Waals surface area (Å²) in [5.41, 5.74) is 4.04. The maximum absolute atomic E-state index is 12.5. The lowest BCUT2D eigenvalue weighted by molar-refractivity contribution is -0.120. The van der Waals surface area contributed by atoms with Crippen LogP contribution >= 0.6 is 0 Å². The van der Waals surface area contributed by atoms with Gasteiger partial charge in [0.15, 0.2) is 0 Å². The van der Waals surface area contributed by atoms with Crippen LogP contribution in [0.4, 0.5) is 5.69 Å². The normalized spacial score (nSPS) is 11.9. The second-order valence-corrected chi connectivity index (χ2v) is 7.07. The lowest BCUT2D eigenvalue weighted by atomic mass is 10.0. The Morgan fingerprint density at radius 1 is 0.964 bits per heavy atom. The summed E-state index contributed by atoms with van der Waals surface area (Å²) in [6.07, 6.45) is 0.184. The fourth-order valence-electron chi connectivity index (χ4n) is 3.09. The Balaban J connectivity index is 1.99. The maximum atomic E-state index is 12.5. The summed E-state index contributed by atoms with van der Waals surface area (Å²) in [6, 6.07) is 15.5. The average Bonchev–Trinajstić information content (AvgIpc) is 2.67. The SMILES string of the molecule is CCN(CC)Cc1ccc(NC(=O)CC(NC(C)=O)c2ccc(C)cc2)cc1. The Labute approximate surface area is 168 Å². The van der Waals surface area contributed by atoms with Crippen LogP contribution < -0.4 is 10.6 Å². The van der Waals surface area contributed by atoms with E-state index in [1.807, 2.05) is 55.5 Å². The number of hydrogen-bond donors (Lipinski definition) is 2. The molecule has 0 spiro atoms. The molecule has 0 radical (unpaired) electrons. The van der Waals surface area contributed by atoms with E-state index in [1.165, 1.54) is 12.5 Å². The second-order valence-electron chi connectivity index (χ2n) is 7.07. The molecule has 5 heteroatoms. The van der Waals surface area contributed by atoms with E-state index in [0.29, 0.717) is 0 Å². The molecule has 0 aliphatic heterocycles. The van der Waals surface area contributed by atoms with Gasteiger partial charge >= 0.3 is 0 Å². The van der Waals surface area contributed by atoms with E-state index in [9.17, 15) is 9.59 Å². The third-order valence-electron chi connectivity index (χ3n) is 4.79. The van der Waals surface area contributed by atoms with Crippen LogP contribution in [0.5, 0.6) is 0 Å². The van der Waals surface area contributed by atoms with Crippen molar-refractivity contribution in [3.05, 3.63) is 65.2 Å². The van der Waals surface area contributed by atoms with Crippen molar-refractivity contribution in [1.82, 2.24) is 10.2 Å². The van der Waals surface area contributed by atoms with E-state index in [-0.39, 0.29) is 24.3 Å². The quantitative estimate of drug-likeness (QED) is 0.689. The lowest BCUT2D eigenvalue weighted by Crippen LogP contribution is -2.29. The first kappa shape index (κ1) is 21.6. The van der Waals surface area contributed by atoms with Crippen LogP contribution in [0.3, 0.4) is 0 Å². The van der Waals surface area contributed by atoms with Gasteiger partial charge in [-0.1, -0.05) is 55.8 Å². The van der Waals surface area contributed by atoms with Gasteiger partial charge in [0.05, 0.1) is 12.5 Å². The Bertz CT molecular complexity index is 765. The van der Waals surface area contributed by atoms with Crippen molar-refractivity contribution >= 4 is 17.5 Å². The minimum Gasteiger partial charge on any atom is -0.349 e. The predicted octanol–water partition coefficient (Wildman–Crippen LogP) is 4.04. The number of nitrogens with zero attached hydrogens (tertiary/aromatic N) is 1. The molecule has 2 N–H and O–H groups in total. The fraction of sp³-hybridized carbons (Fsp3) is 0.391. The summed E-state index contributed by atoms with van der Waals surface area (Å²) in [5.74, 6) is -0.282. The molecule has 2 amide bonds. The van der Waals surface area contributed by atoms with Gasteiger partial charge in [-0.25, -0.2) is 0 Å². The molecule has 0 aliphatic carbocycles. The number of benzene rings is 2. The van der Waals surface area contributed by atoms with Crippen molar-refractivity contribution in [2.24, 2.45) is 0 Å². The predicted molar refractivity (Wildman–Crippen MR) is 114 cm³/mol. The molecule has 28 heavy (non-hydrogen) atoms. The van der Waals surface area contributed by atoms with Gasteiger partial charge in [-0.3, -0.25) is 14.5 Å². The van der Waals surface area contributed by atoms with Crippen molar-refractivity contribution < 1.29 is 9.59 Å². The summed E-state index contributed by atoms with van der Waals surface area (Å²) in [6.45, 7) is 10.7. The monoisotopic (exact) mass is 381 g/mol. The molecule has 0 aliphatic rings. The first-order valence-electron chi connectivity index (χ1n) is 9.86. The molecular weight excluding hydrogens is 350 g/mol. The van der Waals surface area contributed by atoms with E-state index in [1.54, 1.807) is 0 Å². The first-order valence-corrected chi connectivity index (χ1v) is 9.86. The molecule has 2 aromatic rings. The van der Waals surface area contributed by atoms with E-state index in [4.69, 9.17) is 0 Å². The Hall–Kier alpha value is -2.66. The lowest BCUT2D eigenvalue weighted by Gasteiger charge is -2.19. The molecule has 150 valence electrons. The van der Waals surface area contributed by atoms with Gasteiger partial charge in [-0.2, -0.15) is 0 Å². The third-order valence-corrected chi connectivity index (χ3v) is 4.79. The number of aryl methyl sites for hydroxylation is 1. The van der Waals surface area contributed by atoms with E-state index >= 15 is 0 Å². The van der Waals surface area contributed by atoms with Crippen LogP contribution in [-0.2, 0) is 16.1 Å². The number of carbonyl (C=O) groups excluding carboxylic acids is 2. The standard InChI is InChI=1S/C23H31N3O2/c1-5-26(6-2)16-19-9-13-21(14-10-19)25-23(28)15-22(24-18(4)27)20-11-7-17(3)8-12-20/h7-14,22H,5-6,15-16H2,1-4H3,(H,24,27)(H,25,28). The molecular formula is C23H31N3O2. The van der Waals surface area contributed by atoms with Crippen LogP contribution in [0.15, 0.2) is 48.5 Å². The van der Waals surface area contributed by atoms with Crippen LogP contribution in [0.25, 0.3) is 0 Å². The molecule has 0 saturated carbocycles. The van der Waals surface area contributed by atoms with Crippen LogP contribution in [0, 0.1) is 6.92 Å². The van der Waals surface area contributed by atoms with Gasteiger partial charge in [-0.15, -0.1) is 0 Å². The van der Waals surface area contributed by atoms with E-state index in [0.717, 1.165) is 36.4 Å². The summed E-state index contributed by atoms with van der Waals surface area (Å²) in [5, 5.41) is 5.80. The number of hydrogen-bond acceptors (Lipinski definition) is 3. The highest BCUT2D eigenvalue weighted by molar-refractivity contribution is 5.91. The largest absolute Gasteiger partial charge is 0.349 e. The molecule has 2 aromatic carbocycles. The van der Waals surface area contributed by atoms with Gasteiger partial charge in [0.1, 0.15) is 0 Å². The average molecular weight is 382 g/mol. The van der Waals surface area contributed by atoms with Gasteiger partial charge in [0, 0.05) is 19.2 Å². The second kappa shape index (κ2) is 10.6. The van der Waals surface area contributed by atoms with Crippen molar-refractivity contribution in [1.29, 1.82) is 0 Å². The van der Waals surface area contributed by atoms with E-state index in [2.05, 4.69) is 29.4 Å². The highest BCUT2D eigenvalue weighted by atomic mass is 16.2. The van der Waals surface area contributed by atoms with Crippen molar-refractivity contribution in [3.63, 3.8) is 0 Å². The van der Waals surface area contributed by atoms with Crippen LogP contribution in [0.2, 0.25) is 0 Å². The highest BCUT2D eigenvalue weighted by Gasteiger charge is 2.17. The third kappa shape index (κ3) is 6.82. The topological polar surface area (TPSA) is 61.4 Å². The number of anilines is 1.